The van der Waals surface area contributed by atoms with E-state index in [-0.39, 0.29) is 18.7 Å². The van der Waals surface area contributed by atoms with E-state index in [1.54, 1.807) is 7.05 Å². The fourth-order valence-corrected chi connectivity index (χ4v) is 1.67. The van der Waals surface area contributed by atoms with E-state index in [4.69, 9.17) is 25.5 Å². The Morgan fingerprint density at radius 3 is 2.48 bits per heavy atom. The van der Waals surface area contributed by atoms with Crippen LogP contribution in [0.5, 0.6) is 0 Å². The Bertz CT molecular complexity index is 267. The molecule has 7 heteroatoms. The number of hydroxylamine groups is 2. The number of nitrogens with one attached hydrogen (secondary N) is 1. The highest BCUT2D eigenvalue weighted by molar-refractivity contribution is 5.72. The molecule has 0 spiro atoms. The summed E-state index contributed by atoms with van der Waals surface area (Å²) in [5, 5.41) is 18.5. The lowest BCUT2D eigenvalue weighted by atomic mass is 10.1. The zero-order valence-corrected chi connectivity index (χ0v) is 13.5. The fraction of sp³-hybridized carbons (Fsp3) is 0.929. The number of nitrogens with zero attached hydrogens (tertiary/aromatic N) is 1. The molecule has 0 radical (unpaired) electrons. The third-order valence-electron chi connectivity index (χ3n) is 2.86. The summed E-state index contributed by atoms with van der Waals surface area (Å²) in [6.45, 7) is 6.02. The molecule has 0 aromatic rings. The van der Waals surface area contributed by atoms with Crippen molar-refractivity contribution in [2.45, 2.75) is 51.7 Å². The van der Waals surface area contributed by atoms with Crippen LogP contribution in [-0.2, 0) is 14.3 Å². The Morgan fingerprint density at radius 1 is 1.24 bits per heavy atom. The lowest BCUT2D eigenvalue weighted by Crippen LogP contribution is -2.35. The smallest absolute Gasteiger partial charge is 0.212 e. The second kappa shape index (κ2) is 12.8. The Hall–Kier alpha value is -0.890. The van der Waals surface area contributed by atoms with E-state index in [1.807, 2.05) is 13.8 Å². The van der Waals surface area contributed by atoms with Gasteiger partial charge in [0, 0.05) is 20.3 Å². The van der Waals surface area contributed by atoms with Gasteiger partial charge in [-0.05, 0) is 25.7 Å². The van der Waals surface area contributed by atoms with Crippen molar-refractivity contribution in [2.75, 3.05) is 33.5 Å². The highest BCUT2D eigenvalue weighted by Gasteiger charge is 2.19. The lowest BCUT2D eigenvalue weighted by Gasteiger charge is -2.24. The Balaban J connectivity index is 4.01. The van der Waals surface area contributed by atoms with E-state index in [2.05, 4.69) is 0 Å². The summed E-state index contributed by atoms with van der Waals surface area (Å²) in [6.07, 6.45) is 2.32. The SMILES string of the molecule is CCCOC[C@@H](O)[C@H](CCCON(C)C(=N)N)OCCC. The van der Waals surface area contributed by atoms with Crippen LogP contribution < -0.4 is 5.73 Å². The summed E-state index contributed by atoms with van der Waals surface area (Å²) in [5.41, 5.74) is 5.26. The van der Waals surface area contributed by atoms with Crippen molar-refractivity contribution in [1.29, 1.82) is 5.41 Å². The first kappa shape index (κ1) is 20.1. The summed E-state index contributed by atoms with van der Waals surface area (Å²) >= 11 is 0. The van der Waals surface area contributed by atoms with Crippen LogP contribution in [-0.4, -0.2) is 61.8 Å². The van der Waals surface area contributed by atoms with Crippen LogP contribution in [0.3, 0.4) is 0 Å². The Labute approximate surface area is 127 Å². The van der Waals surface area contributed by atoms with Gasteiger partial charge in [0.2, 0.25) is 5.96 Å². The molecule has 0 heterocycles. The van der Waals surface area contributed by atoms with Gasteiger partial charge in [-0.3, -0.25) is 10.2 Å². The number of hydrogen-bond acceptors (Lipinski definition) is 5. The molecule has 0 bridgehead atoms. The molecule has 2 atom stereocenters. The number of rotatable bonds is 13. The molecule has 0 saturated heterocycles. The van der Waals surface area contributed by atoms with Crippen molar-refractivity contribution in [3.05, 3.63) is 0 Å². The molecule has 0 aliphatic rings. The highest BCUT2D eigenvalue weighted by atomic mass is 16.7. The minimum Gasteiger partial charge on any atom is -0.388 e. The zero-order chi connectivity index (χ0) is 16.1. The summed E-state index contributed by atoms with van der Waals surface area (Å²) < 4.78 is 11.0. The van der Waals surface area contributed by atoms with Gasteiger partial charge in [-0.1, -0.05) is 13.8 Å². The van der Waals surface area contributed by atoms with Gasteiger partial charge in [-0.2, -0.15) is 0 Å². The van der Waals surface area contributed by atoms with Gasteiger partial charge in [-0.25, -0.2) is 5.06 Å². The molecule has 0 aromatic carbocycles. The average Bonchev–Trinajstić information content (AvgIpc) is 2.46. The van der Waals surface area contributed by atoms with E-state index in [0.717, 1.165) is 12.8 Å². The molecule has 21 heavy (non-hydrogen) atoms. The molecule has 0 saturated carbocycles. The van der Waals surface area contributed by atoms with Gasteiger partial charge in [-0.15, -0.1) is 0 Å². The average molecular weight is 305 g/mol. The largest absolute Gasteiger partial charge is 0.388 e. The molecule has 4 N–H and O–H groups in total. The highest BCUT2D eigenvalue weighted by Crippen LogP contribution is 2.10. The van der Waals surface area contributed by atoms with Crippen LogP contribution in [0.4, 0.5) is 0 Å². The number of aliphatic hydroxyl groups is 1. The quantitative estimate of drug-likeness (QED) is 0.204. The second-order valence-corrected chi connectivity index (χ2v) is 4.91. The van der Waals surface area contributed by atoms with Gasteiger partial charge >= 0.3 is 0 Å². The van der Waals surface area contributed by atoms with Crippen molar-refractivity contribution in [1.82, 2.24) is 5.06 Å². The predicted molar refractivity (Wildman–Crippen MR) is 82.0 cm³/mol. The molecule has 126 valence electrons. The minimum absolute atomic E-state index is 0.137. The van der Waals surface area contributed by atoms with E-state index in [9.17, 15) is 5.11 Å². The monoisotopic (exact) mass is 305 g/mol. The molecule has 0 aliphatic carbocycles. The third kappa shape index (κ3) is 10.5. The third-order valence-corrected chi connectivity index (χ3v) is 2.86. The Morgan fingerprint density at radius 2 is 1.90 bits per heavy atom. The molecule has 0 unspecified atom stereocenters. The molecule has 7 nitrogen and oxygen atoms in total. The van der Waals surface area contributed by atoms with Gasteiger partial charge in [0.1, 0.15) is 6.10 Å². The molecule has 0 amide bonds. The second-order valence-electron chi connectivity index (χ2n) is 4.91. The van der Waals surface area contributed by atoms with Crippen molar-refractivity contribution < 1.29 is 19.4 Å². The molecule has 0 aromatic heterocycles. The topological polar surface area (TPSA) is 101 Å². The molecular formula is C14H31N3O4. The normalized spacial score (nSPS) is 13.9. The summed E-state index contributed by atoms with van der Waals surface area (Å²) in [6, 6.07) is 0. The van der Waals surface area contributed by atoms with Crippen LogP contribution in [0, 0.1) is 5.41 Å². The summed E-state index contributed by atoms with van der Waals surface area (Å²) in [5.74, 6) is -0.137. The van der Waals surface area contributed by atoms with Crippen molar-refractivity contribution in [2.24, 2.45) is 5.73 Å². The van der Waals surface area contributed by atoms with Gasteiger partial charge in [0.25, 0.3) is 0 Å². The number of guanidine groups is 1. The number of ether oxygens (including phenoxy) is 2. The molecule has 0 fully saturated rings. The lowest BCUT2D eigenvalue weighted by molar-refractivity contribution is -0.0984. The predicted octanol–water partition coefficient (Wildman–Crippen LogP) is 1.11. The van der Waals surface area contributed by atoms with Crippen LogP contribution in [0.15, 0.2) is 0 Å². The van der Waals surface area contributed by atoms with Crippen LogP contribution in [0.25, 0.3) is 0 Å². The minimum atomic E-state index is -0.631. The van der Waals surface area contributed by atoms with E-state index in [0.29, 0.717) is 32.7 Å². The number of nitrogens with two attached hydrogens (primary N) is 1. The molecular weight excluding hydrogens is 274 g/mol. The molecule has 0 rings (SSSR count). The van der Waals surface area contributed by atoms with E-state index >= 15 is 0 Å². The number of hydrogen-bond donors (Lipinski definition) is 3. The van der Waals surface area contributed by atoms with Crippen LogP contribution >= 0.6 is 0 Å². The van der Waals surface area contributed by atoms with Crippen LogP contribution in [0.1, 0.15) is 39.5 Å². The standard InChI is InChI=1S/C14H31N3O4/c1-4-8-19-11-12(18)13(20-9-5-2)7-6-10-21-17(3)14(15)16/h12-13,18H,4-11H2,1-3H3,(H3,15,16)/t12-,13+/m1/s1. The maximum absolute atomic E-state index is 10.1. The summed E-state index contributed by atoms with van der Waals surface area (Å²) in [4.78, 5) is 5.25. The fourth-order valence-electron chi connectivity index (χ4n) is 1.67. The van der Waals surface area contributed by atoms with Crippen molar-refractivity contribution in [3.63, 3.8) is 0 Å². The first-order valence-corrected chi connectivity index (χ1v) is 7.60. The van der Waals surface area contributed by atoms with Gasteiger partial charge < -0.3 is 20.3 Å². The van der Waals surface area contributed by atoms with Crippen molar-refractivity contribution >= 4 is 5.96 Å². The van der Waals surface area contributed by atoms with Gasteiger partial charge in [0.15, 0.2) is 0 Å². The first-order valence-electron chi connectivity index (χ1n) is 7.60. The van der Waals surface area contributed by atoms with Gasteiger partial charge in [0.05, 0.1) is 19.3 Å². The zero-order valence-electron chi connectivity index (χ0n) is 13.5. The molecule has 0 aliphatic heterocycles. The number of aliphatic hydroxyl groups excluding tert-OH is 1. The summed E-state index contributed by atoms with van der Waals surface area (Å²) in [7, 11) is 1.58. The Kier molecular flexibility index (Phi) is 12.3. The van der Waals surface area contributed by atoms with E-state index < -0.39 is 6.10 Å². The first-order chi connectivity index (χ1) is 10.0. The van der Waals surface area contributed by atoms with Crippen molar-refractivity contribution in [3.8, 4) is 0 Å². The maximum Gasteiger partial charge on any atom is 0.212 e. The van der Waals surface area contributed by atoms with Crippen LogP contribution in [0.2, 0.25) is 0 Å². The maximum atomic E-state index is 10.1. The van der Waals surface area contributed by atoms with E-state index in [1.165, 1.54) is 5.06 Å².